The van der Waals surface area contributed by atoms with E-state index >= 15 is 0 Å². The number of nitrogens with zero attached hydrogens (tertiary/aromatic N) is 2. The molecule has 4 heteroatoms. The molecule has 4 aromatic rings. The van der Waals surface area contributed by atoms with Crippen LogP contribution >= 0.6 is 0 Å². The van der Waals surface area contributed by atoms with Crippen molar-refractivity contribution in [2.45, 2.75) is 13.1 Å². The van der Waals surface area contributed by atoms with Gasteiger partial charge in [-0.15, -0.1) is 0 Å². The summed E-state index contributed by atoms with van der Waals surface area (Å²) in [6.07, 6.45) is 0. The zero-order valence-electron chi connectivity index (χ0n) is 16.7. The van der Waals surface area contributed by atoms with E-state index in [2.05, 4.69) is 24.3 Å². The number of aryl methyl sites for hydroxylation is 1. The quantitative estimate of drug-likeness (QED) is 0.467. The Kier molecular flexibility index (Phi) is 5.34. The van der Waals surface area contributed by atoms with Crippen molar-refractivity contribution in [1.82, 2.24) is 9.47 Å². The highest BCUT2D eigenvalue weighted by atomic mass is 16.5. The molecule has 0 unspecified atom stereocenters. The van der Waals surface area contributed by atoms with Gasteiger partial charge in [-0.3, -0.25) is 4.79 Å². The average Bonchev–Trinajstić information content (AvgIpc) is 3.11. The molecular formula is C25H24N2O2. The van der Waals surface area contributed by atoms with Crippen molar-refractivity contribution in [2.24, 2.45) is 7.05 Å². The maximum absolute atomic E-state index is 13.6. The number of amides is 1. The Labute approximate surface area is 171 Å². The highest BCUT2D eigenvalue weighted by Crippen LogP contribution is 2.29. The Bertz CT molecular complexity index is 1080. The molecule has 29 heavy (non-hydrogen) atoms. The van der Waals surface area contributed by atoms with Crippen LogP contribution in [0.4, 0.5) is 0 Å². The highest BCUT2D eigenvalue weighted by molar-refractivity contribution is 6.00. The first-order valence-electron chi connectivity index (χ1n) is 9.67. The summed E-state index contributed by atoms with van der Waals surface area (Å²) in [6.45, 7) is 1.10. The van der Waals surface area contributed by atoms with Crippen LogP contribution < -0.4 is 4.74 Å². The number of methoxy groups -OCH3 is 1. The zero-order valence-corrected chi connectivity index (χ0v) is 16.7. The first kappa shape index (κ1) is 18.8. The van der Waals surface area contributed by atoms with Crippen molar-refractivity contribution in [3.63, 3.8) is 0 Å². The van der Waals surface area contributed by atoms with Crippen LogP contribution in [0.1, 0.15) is 21.6 Å². The van der Waals surface area contributed by atoms with Crippen LogP contribution in [0.2, 0.25) is 0 Å². The van der Waals surface area contributed by atoms with Crippen LogP contribution in [0.15, 0.2) is 84.9 Å². The molecule has 0 spiro atoms. The Morgan fingerprint density at radius 3 is 2.00 bits per heavy atom. The van der Waals surface area contributed by atoms with Gasteiger partial charge in [0.1, 0.15) is 11.4 Å². The van der Waals surface area contributed by atoms with Gasteiger partial charge in [-0.1, -0.05) is 66.7 Å². The number of benzene rings is 3. The molecule has 0 fully saturated rings. The molecule has 1 amide bonds. The normalized spacial score (nSPS) is 10.8. The maximum Gasteiger partial charge on any atom is 0.271 e. The van der Waals surface area contributed by atoms with Gasteiger partial charge in [0.25, 0.3) is 5.91 Å². The van der Waals surface area contributed by atoms with Gasteiger partial charge in [-0.2, -0.15) is 0 Å². The summed E-state index contributed by atoms with van der Waals surface area (Å²) in [6, 6.07) is 28.0. The minimum Gasteiger partial charge on any atom is -0.496 e. The van der Waals surface area contributed by atoms with E-state index < -0.39 is 0 Å². The van der Waals surface area contributed by atoms with E-state index in [1.54, 1.807) is 7.11 Å². The topological polar surface area (TPSA) is 34.5 Å². The predicted molar refractivity (Wildman–Crippen MR) is 116 cm³/mol. The first-order valence-corrected chi connectivity index (χ1v) is 9.67. The van der Waals surface area contributed by atoms with Crippen LogP contribution in [0.5, 0.6) is 5.75 Å². The fourth-order valence-electron chi connectivity index (χ4n) is 3.69. The van der Waals surface area contributed by atoms with E-state index in [4.69, 9.17) is 4.74 Å². The molecule has 0 N–H and O–H groups in total. The lowest BCUT2D eigenvalue weighted by molar-refractivity contribution is 0.0721. The summed E-state index contributed by atoms with van der Waals surface area (Å²) in [5.41, 5.74) is 3.84. The van der Waals surface area contributed by atoms with Crippen LogP contribution in [0, 0.1) is 0 Å². The van der Waals surface area contributed by atoms with Crippen molar-refractivity contribution in [3.05, 3.63) is 102 Å². The third kappa shape index (κ3) is 3.87. The lowest BCUT2D eigenvalue weighted by Gasteiger charge is -2.23. The van der Waals surface area contributed by atoms with Gasteiger partial charge >= 0.3 is 0 Å². The van der Waals surface area contributed by atoms with Crippen molar-refractivity contribution < 1.29 is 9.53 Å². The van der Waals surface area contributed by atoms with Crippen LogP contribution in [-0.4, -0.2) is 22.5 Å². The molecule has 1 aromatic heterocycles. The summed E-state index contributed by atoms with van der Waals surface area (Å²) in [7, 11) is 3.58. The molecule has 0 bridgehead atoms. The third-order valence-electron chi connectivity index (χ3n) is 5.21. The SMILES string of the molecule is COc1cccc2c1cc(C(=O)N(Cc1ccccc1)Cc1ccccc1)n2C. The van der Waals surface area contributed by atoms with Crippen LogP contribution in [0.25, 0.3) is 10.9 Å². The standard InChI is InChI=1S/C25H24N2O2/c1-26-22-14-9-15-24(29-2)21(22)16-23(26)25(28)27(17-19-10-5-3-6-11-19)18-20-12-7-4-8-13-20/h3-16H,17-18H2,1-2H3. The molecule has 0 aliphatic heterocycles. The molecule has 0 saturated heterocycles. The molecule has 0 atom stereocenters. The number of ether oxygens (including phenoxy) is 1. The Morgan fingerprint density at radius 1 is 0.862 bits per heavy atom. The summed E-state index contributed by atoms with van der Waals surface area (Å²) in [5.74, 6) is 0.772. The van der Waals surface area contributed by atoms with E-state index in [0.29, 0.717) is 18.8 Å². The fraction of sp³-hybridized carbons (Fsp3) is 0.160. The van der Waals surface area contributed by atoms with Gasteiger partial charge < -0.3 is 14.2 Å². The molecule has 4 nitrogen and oxygen atoms in total. The number of fused-ring (bicyclic) bond motifs is 1. The van der Waals surface area contributed by atoms with Crippen LogP contribution in [0.3, 0.4) is 0 Å². The van der Waals surface area contributed by atoms with E-state index in [1.165, 1.54) is 0 Å². The number of rotatable bonds is 6. The fourth-order valence-corrected chi connectivity index (χ4v) is 3.69. The number of carbonyl (C=O) groups is 1. The van der Waals surface area contributed by atoms with Crippen LogP contribution in [-0.2, 0) is 20.1 Å². The lowest BCUT2D eigenvalue weighted by Crippen LogP contribution is -2.31. The predicted octanol–water partition coefficient (Wildman–Crippen LogP) is 5.03. The Hall–Kier alpha value is -3.53. The molecule has 3 aromatic carbocycles. The molecule has 1 heterocycles. The number of hydrogen-bond acceptors (Lipinski definition) is 2. The van der Waals surface area contributed by atoms with Crippen molar-refractivity contribution in [1.29, 1.82) is 0 Å². The monoisotopic (exact) mass is 384 g/mol. The minimum atomic E-state index is -0.00143. The Morgan fingerprint density at radius 2 is 1.45 bits per heavy atom. The van der Waals surface area contributed by atoms with E-state index in [-0.39, 0.29) is 5.91 Å². The second kappa shape index (κ2) is 8.23. The minimum absolute atomic E-state index is 0.00143. The maximum atomic E-state index is 13.6. The molecule has 4 rings (SSSR count). The number of hydrogen-bond donors (Lipinski definition) is 0. The van der Waals surface area contributed by atoms with Gasteiger partial charge in [0, 0.05) is 25.5 Å². The third-order valence-corrected chi connectivity index (χ3v) is 5.21. The molecule has 0 aliphatic rings. The van der Waals surface area contributed by atoms with Gasteiger partial charge in [-0.25, -0.2) is 0 Å². The van der Waals surface area contributed by atoms with Gasteiger partial charge in [0.05, 0.1) is 12.6 Å². The number of carbonyl (C=O) groups excluding carboxylic acids is 1. The molecular weight excluding hydrogens is 360 g/mol. The summed E-state index contributed by atoms with van der Waals surface area (Å²) in [5, 5.41) is 0.945. The summed E-state index contributed by atoms with van der Waals surface area (Å²) < 4.78 is 7.44. The zero-order chi connectivity index (χ0) is 20.2. The molecule has 0 radical (unpaired) electrons. The van der Waals surface area contributed by atoms with Gasteiger partial charge in [-0.05, 0) is 29.3 Å². The summed E-state index contributed by atoms with van der Waals surface area (Å²) in [4.78, 5) is 15.5. The second-order valence-corrected chi connectivity index (χ2v) is 7.11. The Balaban J connectivity index is 1.72. The molecule has 0 aliphatic carbocycles. The van der Waals surface area contributed by atoms with Crippen molar-refractivity contribution in [3.8, 4) is 5.75 Å². The van der Waals surface area contributed by atoms with E-state index in [0.717, 1.165) is 27.8 Å². The summed E-state index contributed by atoms with van der Waals surface area (Å²) >= 11 is 0. The second-order valence-electron chi connectivity index (χ2n) is 7.11. The highest BCUT2D eigenvalue weighted by Gasteiger charge is 2.22. The van der Waals surface area contributed by atoms with Gasteiger partial charge in [0.2, 0.25) is 0 Å². The van der Waals surface area contributed by atoms with E-state index in [1.807, 2.05) is 77.2 Å². The van der Waals surface area contributed by atoms with Crippen molar-refractivity contribution in [2.75, 3.05) is 7.11 Å². The average molecular weight is 384 g/mol. The number of aromatic nitrogens is 1. The van der Waals surface area contributed by atoms with Gasteiger partial charge in [0.15, 0.2) is 0 Å². The first-order chi connectivity index (χ1) is 14.2. The van der Waals surface area contributed by atoms with E-state index in [9.17, 15) is 4.79 Å². The lowest BCUT2D eigenvalue weighted by atomic mass is 10.1. The molecule has 0 saturated carbocycles. The smallest absolute Gasteiger partial charge is 0.271 e. The largest absolute Gasteiger partial charge is 0.496 e. The van der Waals surface area contributed by atoms with Crippen molar-refractivity contribution >= 4 is 16.8 Å². The molecule has 146 valence electrons.